The molecule has 0 heterocycles. The number of hydrogen-bond donors (Lipinski definition) is 0. The van der Waals surface area contributed by atoms with Gasteiger partial charge in [-0.3, -0.25) is 0 Å². The van der Waals surface area contributed by atoms with Gasteiger partial charge in [0.1, 0.15) is 0 Å². The average molecular weight is 227 g/mol. The predicted molar refractivity (Wildman–Crippen MR) is 69.3 cm³/mol. The molecule has 2 heteroatoms. The van der Waals surface area contributed by atoms with E-state index in [-0.39, 0.29) is 17.4 Å². The lowest BCUT2D eigenvalue weighted by Crippen LogP contribution is -2.39. The minimum atomic E-state index is -0.385. The number of hydrogen-bond acceptors (Lipinski definition) is 2. The van der Waals surface area contributed by atoms with Crippen molar-refractivity contribution in [3.63, 3.8) is 0 Å². The maximum atomic E-state index is 10.8. The lowest BCUT2D eigenvalue weighted by atomic mass is 9.72. The number of carbonyl (C=O) groups excluding carboxylic acids is 1. The summed E-state index contributed by atoms with van der Waals surface area (Å²) in [5.74, 6) is 0.391. The molecule has 0 aromatic carbocycles. The van der Waals surface area contributed by atoms with Gasteiger partial charge in [0.25, 0.3) is 0 Å². The van der Waals surface area contributed by atoms with Crippen LogP contribution in [0, 0.1) is 11.8 Å². The molecule has 2 aliphatic carbocycles. The highest BCUT2D eigenvalue weighted by Gasteiger charge is 2.42. The molecule has 0 unspecified atom stereocenters. The third-order valence-electron chi connectivity index (χ3n) is 3.55. The molecule has 0 fully saturated rings. The quantitative estimate of drug-likeness (QED) is 0.523. The highest BCUT2D eigenvalue weighted by atomic mass is 16.1. The molecule has 0 aliphatic heterocycles. The van der Waals surface area contributed by atoms with Gasteiger partial charge in [-0.05, 0) is 6.42 Å². The Labute approximate surface area is 102 Å². The molecule has 0 aromatic rings. The number of allylic oxidation sites excluding steroid dienone is 4. The summed E-state index contributed by atoms with van der Waals surface area (Å²) < 4.78 is 0. The van der Waals surface area contributed by atoms with Crippen molar-refractivity contribution in [3.8, 4) is 0 Å². The second kappa shape index (κ2) is 5.11. The molecule has 0 aromatic heterocycles. The minimum Gasteiger partial charge on any atom is -0.211 e. The Morgan fingerprint density at radius 3 is 1.88 bits per heavy atom. The van der Waals surface area contributed by atoms with Crippen molar-refractivity contribution in [2.24, 2.45) is 16.8 Å². The first-order valence-corrected chi connectivity index (χ1v) is 6.12. The molecule has 17 heavy (non-hydrogen) atoms. The molecule has 2 aliphatic rings. The van der Waals surface area contributed by atoms with Gasteiger partial charge in [0, 0.05) is 11.8 Å². The summed E-state index contributed by atoms with van der Waals surface area (Å²) in [6.07, 6.45) is 20.3. The van der Waals surface area contributed by atoms with E-state index in [2.05, 4.69) is 36.2 Å². The van der Waals surface area contributed by atoms with E-state index in [9.17, 15) is 4.79 Å². The molecule has 0 saturated heterocycles. The Kier molecular flexibility index (Phi) is 3.55. The van der Waals surface area contributed by atoms with E-state index in [0.29, 0.717) is 0 Å². The van der Waals surface area contributed by atoms with Gasteiger partial charge in [0.2, 0.25) is 6.08 Å². The zero-order valence-corrected chi connectivity index (χ0v) is 10.0. The van der Waals surface area contributed by atoms with Crippen LogP contribution in [0.2, 0.25) is 0 Å². The molecule has 2 rings (SSSR count). The summed E-state index contributed by atoms with van der Waals surface area (Å²) in [6.45, 7) is 2.12. The van der Waals surface area contributed by atoms with Gasteiger partial charge in [-0.15, -0.1) is 0 Å². The Morgan fingerprint density at radius 2 is 1.53 bits per heavy atom. The fourth-order valence-corrected chi connectivity index (χ4v) is 2.78. The average Bonchev–Trinajstić information content (AvgIpc) is 3.02. The van der Waals surface area contributed by atoms with Crippen LogP contribution in [0.25, 0.3) is 0 Å². The van der Waals surface area contributed by atoms with E-state index in [1.807, 2.05) is 24.3 Å². The zero-order valence-electron chi connectivity index (χ0n) is 10.0. The smallest absolute Gasteiger partial charge is 0.211 e. The van der Waals surface area contributed by atoms with Crippen molar-refractivity contribution in [3.05, 3.63) is 48.6 Å². The molecule has 0 spiro atoms. The topological polar surface area (TPSA) is 29.4 Å². The number of isocyanates is 1. The van der Waals surface area contributed by atoms with Gasteiger partial charge in [0.15, 0.2) is 0 Å². The van der Waals surface area contributed by atoms with Gasteiger partial charge < -0.3 is 0 Å². The Hall–Kier alpha value is -1.66. The highest BCUT2D eigenvalue weighted by molar-refractivity contribution is 5.40. The van der Waals surface area contributed by atoms with Gasteiger partial charge in [-0.25, -0.2) is 4.79 Å². The number of nitrogens with zero attached hydrogens (tertiary/aromatic N) is 1. The Balaban J connectivity index is 2.40. The predicted octanol–water partition coefficient (Wildman–Crippen LogP) is 3.35. The van der Waals surface area contributed by atoms with Crippen molar-refractivity contribution in [2.75, 3.05) is 0 Å². The van der Waals surface area contributed by atoms with Crippen LogP contribution in [0.3, 0.4) is 0 Å². The molecule has 0 saturated carbocycles. The van der Waals surface area contributed by atoms with Gasteiger partial charge in [-0.1, -0.05) is 62.0 Å². The lowest BCUT2D eigenvalue weighted by Gasteiger charge is -2.36. The van der Waals surface area contributed by atoms with Gasteiger partial charge >= 0.3 is 0 Å². The minimum absolute atomic E-state index is 0.196. The molecule has 0 atom stereocenters. The molecule has 0 bridgehead atoms. The Bertz CT molecular complexity index is 384. The largest absolute Gasteiger partial charge is 0.235 e. The summed E-state index contributed by atoms with van der Waals surface area (Å²) >= 11 is 0. The summed E-state index contributed by atoms with van der Waals surface area (Å²) in [6, 6.07) is 0. The standard InChI is InChI=1S/C15H17NO/c1-2-11-15(16-12-17,13-7-3-4-8-13)14-9-5-6-10-14/h3-10,13-14H,2,11H2,1H3. The van der Waals surface area contributed by atoms with Crippen LogP contribution in [0.4, 0.5) is 0 Å². The summed E-state index contributed by atoms with van der Waals surface area (Å²) in [4.78, 5) is 15.0. The normalized spacial score (nSPS) is 19.1. The number of rotatable bonds is 5. The second-order valence-corrected chi connectivity index (χ2v) is 4.54. The third-order valence-corrected chi connectivity index (χ3v) is 3.55. The fraction of sp³-hybridized carbons (Fsp3) is 0.400. The van der Waals surface area contributed by atoms with E-state index in [1.165, 1.54) is 0 Å². The van der Waals surface area contributed by atoms with Gasteiger partial charge in [0.05, 0.1) is 5.54 Å². The molecular formula is C15H17NO. The van der Waals surface area contributed by atoms with E-state index in [1.54, 1.807) is 6.08 Å². The van der Waals surface area contributed by atoms with Crippen LogP contribution in [0.15, 0.2) is 53.6 Å². The molecular weight excluding hydrogens is 210 g/mol. The molecule has 2 nitrogen and oxygen atoms in total. The van der Waals surface area contributed by atoms with Crippen molar-refractivity contribution in [1.82, 2.24) is 0 Å². The maximum Gasteiger partial charge on any atom is 0.235 e. The van der Waals surface area contributed by atoms with Crippen molar-refractivity contribution in [1.29, 1.82) is 0 Å². The molecule has 88 valence electrons. The summed E-state index contributed by atoms with van der Waals surface area (Å²) in [5, 5.41) is 0. The first kappa shape index (κ1) is 11.8. The van der Waals surface area contributed by atoms with Crippen LogP contribution in [-0.2, 0) is 4.79 Å². The van der Waals surface area contributed by atoms with Crippen LogP contribution < -0.4 is 0 Å². The molecule has 0 N–H and O–H groups in total. The van der Waals surface area contributed by atoms with Crippen molar-refractivity contribution < 1.29 is 4.79 Å². The van der Waals surface area contributed by atoms with E-state index in [0.717, 1.165) is 12.8 Å². The van der Waals surface area contributed by atoms with Crippen LogP contribution >= 0.6 is 0 Å². The van der Waals surface area contributed by atoms with E-state index >= 15 is 0 Å². The SMILES string of the molecule is CCCC(N=C=O)(C1C=CC=C1)C1C=CC=C1. The van der Waals surface area contributed by atoms with E-state index in [4.69, 9.17) is 0 Å². The van der Waals surface area contributed by atoms with Crippen molar-refractivity contribution in [2.45, 2.75) is 25.3 Å². The second-order valence-electron chi connectivity index (χ2n) is 4.54. The lowest BCUT2D eigenvalue weighted by molar-refractivity contribution is 0.290. The monoisotopic (exact) mass is 227 g/mol. The fourth-order valence-electron chi connectivity index (χ4n) is 2.78. The van der Waals surface area contributed by atoms with Crippen molar-refractivity contribution >= 4 is 6.08 Å². The first-order chi connectivity index (χ1) is 8.33. The zero-order chi connectivity index (χ0) is 12.1. The number of aliphatic imine (C=N–C) groups is 1. The van der Waals surface area contributed by atoms with Crippen LogP contribution in [0.1, 0.15) is 19.8 Å². The highest BCUT2D eigenvalue weighted by Crippen LogP contribution is 2.41. The summed E-state index contributed by atoms with van der Waals surface area (Å²) in [7, 11) is 0. The van der Waals surface area contributed by atoms with E-state index < -0.39 is 0 Å². The van der Waals surface area contributed by atoms with Crippen LogP contribution in [0.5, 0.6) is 0 Å². The molecule has 0 amide bonds. The molecule has 0 radical (unpaired) electrons. The maximum absolute atomic E-state index is 10.8. The summed E-state index contributed by atoms with van der Waals surface area (Å²) in [5.41, 5.74) is -0.385. The first-order valence-electron chi connectivity index (χ1n) is 6.12. The van der Waals surface area contributed by atoms with Crippen LogP contribution in [-0.4, -0.2) is 11.6 Å². The van der Waals surface area contributed by atoms with Gasteiger partial charge in [-0.2, -0.15) is 4.99 Å². The Morgan fingerprint density at radius 1 is 1.06 bits per heavy atom. The third kappa shape index (κ3) is 2.09.